The van der Waals surface area contributed by atoms with Crippen LogP contribution in [0.3, 0.4) is 0 Å². The van der Waals surface area contributed by atoms with Crippen LogP contribution in [0, 0.1) is 0 Å². The number of rotatable bonds is 9. The van der Waals surface area contributed by atoms with Crippen molar-refractivity contribution >= 4 is 32.3 Å². The molecule has 13 rings (SSSR count). The molecular formula is C69H45N3. The first kappa shape index (κ1) is 42.5. The van der Waals surface area contributed by atoms with Crippen LogP contribution < -0.4 is 0 Å². The Morgan fingerprint density at radius 3 is 1.07 bits per heavy atom. The van der Waals surface area contributed by atoms with E-state index in [-0.39, 0.29) is 0 Å². The Labute approximate surface area is 419 Å². The third kappa shape index (κ3) is 7.80. The van der Waals surface area contributed by atoms with Crippen molar-refractivity contribution in [2.45, 2.75) is 0 Å². The predicted octanol–water partition coefficient (Wildman–Crippen LogP) is 18.3. The van der Waals surface area contributed by atoms with Gasteiger partial charge in [-0.15, -0.1) is 0 Å². The molecule has 0 radical (unpaired) electrons. The van der Waals surface area contributed by atoms with Crippen LogP contribution in [0.15, 0.2) is 273 Å². The maximum Gasteiger partial charge on any atom is 0.160 e. The van der Waals surface area contributed by atoms with Gasteiger partial charge in [0.25, 0.3) is 0 Å². The molecule has 0 bridgehead atoms. The van der Waals surface area contributed by atoms with E-state index < -0.39 is 0 Å². The van der Waals surface area contributed by atoms with Gasteiger partial charge in [-0.05, 0) is 78.3 Å². The van der Waals surface area contributed by atoms with Gasteiger partial charge in [0, 0.05) is 44.5 Å². The van der Waals surface area contributed by atoms with Crippen molar-refractivity contribution in [3.63, 3.8) is 0 Å². The van der Waals surface area contributed by atoms with Gasteiger partial charge in [0.05, 0.1) is 22.8 Å². The minimum atomic E-state index is 0.669. The first-order valence-electron chi connectivity index (χ1n) is 24.5. The highest BCUT2D eigenvalue weighted by Gasteiger charge is 2.26. The van der Waals surface area contributed by atoms with Crippen molar-refractivity contribution < 1.29 is 0 Å². The molecule has 0 saturated heterocycles. The van der Waals surface area contributed by atoms with E-state index in [2.05, 4.69) is 255 Å². The molecule has 0 aliphatic rings. The van der Waals surface area contributed by atoms with Crippen LogP contribution in [0.25, 0.3) is 133 Å². The molecule has 0 aliphatic heterocycles. The van der Waals surface area contributed by atoms with Gasteiger partial charge < -0.3 is 0 Å². The minimum absolute atomic E-state index is 0.669. The molecular weight excluding hydrogens is 871 g/mol. The summed E-state index contributed by atoms with van der Waals surface area (Å²) in [5, 5.41) is 7.61. The molecule has 3 heteroatoms. The maximum atomic E-state index is 5.66. The Hall–Kier alpha value is -9.57. The van der Waals surface area contributed by atoms with Gasteiger partial charge in [-0.25, -0.2) is 15.0 Å². The standard InChI is InChI=1S/C69H45N3/c1-6-21-48(22-7-1)65-64(66(49-23-8-2-9-24-49)68(51-27-12-4-13-28-51)72-67(65)50-25-10-3-11-26-50)55-32-20-31-54(43-55)63-45-62(70-69(71-63)52-29-14-5-15-30-52)47-39-37-46(38-40-47)53-41-42-60-58-35-17-16-33-56(58)57-34-18-19-36-59(57)61(60)44-53/h1-45H. The molecule has 0 N–H and O–H groups in total. The number of nitrogens with zero attached hydrogens (tertiary/aromatic N) is 3. The van der Waals surface area contributed by atoms with E-state index in [9.17, 15) is 0 Å². The Kier molecular flexibility index (Phi) is 10.9. The van der Waals surface area contributed by atoms with E-state index in [1.54, 1.807) is 0 Å². The normalized spacial score (nSPS) is 11.3. The maximum absolute atomic E-state index is 5.66. The topological polar surface area (TPSA) is 38.7 Å². The van der Waals surface area contributed by atoms with Crippen molar-refractivity contribution in [2.75, 3.05) is 0 Å². The van der Waals surface area contributed by atoms with E-state index >= 15 is 0 Å². The zero-order chi connectivity index (χ0) is 47.8. The van der Waals surface area contributed by atoms with Crippen molar-refractivity contribution in [2.24, 2.45) is 0 Å². The van der Waals surface area contributed by atoms with Crippen LogP contribution >= 0.6 is 0 Å². The van der Waals surface area contributed by atoms with Gasteiger partial charge in [0.1, 0.15) is 0 Å². The zero-order valence-corrected chi connectivity index (χ0v) is 39.3. The van der Waals surface area contributed by atoms with Gasteiger partial charge >= 0.3 is 0 Å². The Bertz CT molecular complexity index is 3960. The van der Waals surface area contributed by atoms with Crippen molar-refractivity contribution in [3.8, 4) is 101 Å². The second kappa shape index (κ2) is 18.4. The lowest BCUT2D eigenvalue weighted by molar-refractivity contribution is 1.18. The van der Waals surface area contributed by atoms with Crippen molar-refractivity contribution in [3.05, 3.63) is 273 Å². The fourth-order valence-corrected chi connectivity index (χ4v) is 10.5. The second-order valence-electron chi connectivity index (χ2n) is 18.2. The third-order valence-electron chi connectivity index (χ3n) is 13.9. The van der Waals surface area contributed by atoms with Crippen LogP contribution in [0.5, 0.6) is 0 Å². The minimum Gasteiger partial charge on any atom is -0.246 e. The summed E-state index contributed by atoms with van der Waals surface area (Å²) in [5.41, 5.74) is 17.4. The average Bonchev–Trinajstić information content (AvgIpc) is 3.47. The van der Waals surface area contributed by atoms with Gasteiger partial charge in [0.15, 0.2) is 5.82 Å². The number of pyridine rings is 1. The lowest BCUT2D eigenvalue weighted by Gasteiger charge is -2.23. The molecule has 0 amide bonds. The van der Waals surface area contributed by atoms with Gasteiger partial charge in [-0.1, -0.05) is 255 Å². The molecule has 0 aliphatic carbocycles. The Morgan fingerprint density at radius 2 is 0.556 bits per heavy atom. The van der Waals surface area contributed by atoms with Crippen LogP contribution in [0.1, 0.15) is 0 Å². The first-order valence-corrected chi connectivity index (χ1v) is 24.5. The summed E-state index contributed by atoms with van der Waals surface area (Å²) < 4.78 is 0. The average molecular weight is 916 g/mol. The molecule has 0 unspecified atom stereocenters. The molecule has 3 nitrogen and oxygen atoms in total. The number of hydrogen-bond donors (Lipinski definition) is 0. The summed E-state index contributed by atoms with van der Waals surface area (Å²) in [6, 6.07) is 97.1. The van der Waals surface area contributed by atoms with Crippen LogP contribution in [0.2, 0.25) is 0 Å². The monoisotopic (exact) mass is 915 g/mol. The quantitative estimate of drug-likeness (QED) is 0.135. The lowest BCUT2D eigenvalue weighted by Crippen LogP contribution is -2.01. The summed E-state index contributed by atoms with van der Waals surface area (Å²) >= 11 is 0. The van der Waals surface area contributed by atoms with Crippen LogP contribution in [-0.2, 0) is 0 Å². The summed E-state index contributed by atoms with van der Waals surface area (Å²) in [4.78, 5) is 16.3. The smallest absolute Gasteiger partial charge is 0.160 e. The molecule has 0 atom stereocenters. The number of aromatic nitrogens is 3. The highest BCUT2D eigenvalue weighted by molar-refractivity contribution is 6.25. The molecule has 0 fully saturated rings. The van der Waals surface area contributed by atoms with Gasteiger partial charge in [-0.3, -0.25) is 0 Å². The molecule has 13 aromatic rings. The summed E-state index contributed by atoms with van der Waals surface area (Å²) in [5.74, 6) is 0.669. The Morgan fingerprint density at radius 1 is 0.181 bits per heavy atom. The number of hydrogen-bond acceptors (Lipinski definition) is 3. The molecule has 0 saturated carbocycles. The van der Waals surface area contributed by atoms with Crippen molar-refractivity contribution in [1.82, 2.24) is 15.0 Å². The number of benzene rings is 11. The van der Waals surface area contributed by atoms with Crippen LogP contribution in [-0.4, -0.2) is 15.0 Å². The molecule has 336 valence electrons. The molecule has 72 heavy (non-hydrogen) atoms. The van der Waals surface area contributed by atoms with Crippen molar-refractivity contribution in [1.29, 1.82) is 0 Å². The fraction of sp³-hybridized carbons (Fsp3) is 0. The largest absolute Gasteiger partial charge is 0.246 e. The van der Waals surface area contributed by atoms with E-state index in [0.717, 1.165) is 89.5 Å². The second-order valence-corrected chi connectivity index (χ2v) is 18.2. The highest BCUT2D eigenvalue weighted by atomic mass is 14.9. The summed E-state index contributed by atoms with van der Waals surface area (Å²) in [7, 11) is 0. The van der Waals surface area contributed by atoms with E-state index in [0.29, 0.717) is 5.82 Å². The molecule has 2 heterocycles. The molecule has 2 aromatic heterocycles. The SMILES string of the molecule is c1ccc(-c2nc(-c3ccc(-c4ccc5c6ccccc6c6ccccc6c5c4)cc3)cc(-c3cccc(-c4c(-c5ccccc5)c(-c5ccccc5)nc(-c5ccccc5)c4-c4ccccc4)c3)n2)cc1. The van der Waals surface area contributed by atoms with E-state index in [1.165, 1.54) is 37.9 Å². The predicted molar refractivity (Wildman–Crippen MR) is 301 cm³/mol. The molecule has 11 aromatic carbocycles. The fourth-order valence-electron chi connectivity index (χ4n) is 10.5. The summed E-state index contributed by atoms with van der Waals surface area (Å²) in [6.07, 6.45) is 0. The van der Waals surface area contributed by atoms with E-state index in [1.807, 2.05) is 18.2 Å². The highest BCUT2D eigenvalue weighted by Crippen LogP contribution is 2.49. The lowest BCUT2D eigenvalue weighted by atomic mass is 9.83. The Balaban J connectivity index is 0.985. The van der Waals surface area contributed by atoms with Gasteiger partial charge in [0.2, 0.25) is 0 Å². The third-order valence-corrected chi connectivity index (χ3v) is 13.9. The van der Waals surface area contributed by atoms with Crippen LogP contribution in [0.4, 0.5) is 0 Å². The van der Waals surface area contributed by atoms with Gasteiger partial charge in [-0.2, -0.15) is 0 Å². The summed E-state index contributed by atoms with van der Waals surface area (Å²) in [6.45, 7) is 0. The zero-order valence-electron chi connectivity index (χ0n) is 39.3. The first-order chi connectivity index (χ1) is 35.7. The molecule has 0 spiro atoms. The van der Waals surface area contributed by atoms with E-state index in [4.69, 9.17) is 15.0 Å². The number of fused-ring (bicyclic) bond motifs is 6.